The molecular weight excluding hydrogens is 408 g/mol. The fraction of sp³-hybridized carbons (Fsp3) is 0.320. The van der Waals surface area contributed by atoms with E-state index in [1.807, 2.05) is 44.2 Å². The average molecular weight is 434 g/mol. The van der Waals surface area contributed by atoms with Crippen LogP contribution in [0.4, 0.5) is 0 Å². The predicted octanol–water partition coefficient (Wildman–Crippen LogP) is 3.18. The molecule has 0 radical (unpaired) electrons. The molecule has 0 saturated carbocycles. The van der Waals surface area contributed by atoms with E-state index in [1.165, 1.54) is 12.3 Å². The first-order valence-corrected chi connectivity index (χ1v) is 10.3. The van der Waals surface area contributed by atoms with E-state index in [1.54, 1.807) is 24.1 Å². The molecule has 1 aliphatic heterocycles. The van der Waals surface area contributed by atoms with Crippen molar-refractivity contribution in [3.8, 4) is 11.8 Å². The van der Waals surface area contributed by atoms with Gasteiger partial charge in [-0.15, -0.1) is 0 Å². The molecule has 2 aromatic carbocycles. The lowest BCUT2D eigenvalue weighted by atomic mass is 9.86. The van der Waals surface area contributed by atoms with E-state index in [9.17, 15) is 15.2 Å². The predicted molar refractivity (Wildman–Crippen MR) is 118 cm³/mol. The number of nitrogens with one attached hydrogen (secondary N) is 1. The highest BCUT2D eigenvalue weighted by atomic mass is 16.5. The molecule has 0 aliphatic carbocycles. The SMILES string of the molecule is CC1(C)Oc2ccc(C#N)cc2[C@H](NCC(=COCC=C=O)OCc2ccccc2)[C@H]1O. The lowest BCUT2D eigenvalue weighted by Gasteiger charge is -2.42. The molecule has 0 aromatic heterocycles. The lowest BCUT2D eigenvalue weighted by Crippen LogP contribution is -2.52. The largest absolute Gasteiger partial charge is 0.493 e. The molecule has 166 valence electrons. The van der Waals surface area contributed by atoms with Crippen LogP contribution in [0, 0.1) is 11.3 Å². The highest BCUT2D eigenvalue weighted by Crippen LogP contribution is 2.40. The van der Waals surface area contributed by atoms with Gasteiger partial charge in [0.15, 0.2) is 0 Å². The molecule has 0 bridgehead atoms. The lowest BCUT2D eigenvalue weighted by molar-refractivity contribution is -0.0646. The maximum Gasteiger partial charge on any atom is 0.145 e. The van der Waals surface area contributed by atoms with Crippen molar-refractivity contribution >= 4 is 5.94 Å². The van der Waals surface area contributed by atoms with Crippen LogP contribution >= 0.6 is 0 Å². The number of hydrogen-bond donors (Lipinski definition) is 2. The molecule has 1 heterocycles. The summed E-state index contributed by atoms with van der Waals surface area (Å²) in [4.78, 5) is 10.4. The fourth-order valence-corrected chi connectivity index (χ4v) is 3.40. The first kappa shape index (κ1) is 23.1. The highest BCUT2D eigenvalue weighted by molar-refractivity contribution is 5.46. The van der Waals surface area contributed by atoms with E-state index >= 15 is 0 Å². The maximum absolute atomic E-state index is 11.0. The zero-order valence-electron chi connectivity index (χ0n) is 18.1. The standard InChI is InChI=1S/C25H26N2O5/c1-25(2)24(29)23(21-13-19(14-26)9-10-22(21)32-25)27-15-20(17-30-12-6-11-28)31-16-18-7-4-3-5-8-18/h3-10,13,17,23-24,27,29H,12,15-16H2,1-2H3/t23-,24+/m0/s1. The quantitative estimate of drug-likeness (QED) is 0.355. The normalized spacial score (nSPS) is 19.0. The Morgan fingerprint density at radius 1 is 1.28 bits per heavy atom. The van der Waals surface area contributed by atoms with Crippen LogP contribution in [0.3, 0.4) is 0 Å². The summed E-state index contributed by atoms with van der Waals surface area (Å²) in [5, 5.41) is 23.6. The summed E-state index contributed by atoms with van der Waals surface area (Å²) in [5.74, 6) is 2.76. The van der Waals surface area contributed by atoms with E-state index in [4.69, 9.17) is 14.2 Å². The van der Waals surface area contributed by atoms with Crippen LogP contribution < -0.4 is 10.1 Å². The molecule has 32 heavy (non-hydrogen) atoms. The molecule has 0 saturated heterocycles. The van der Waals surface area contributed by atoms with Crippen LogP contribution in [0.5, 0.6) is 5.75 Å². The Morgan fingerprint density at radius 3 is 2.78 bits per heavy atom. The Morgan fingerprint density at radius 2 is 2.06 bits per heavy atom. The second kappa shape index (κ2) is 10.7. The number of nitriles is 1. The number of ether oxygens (including phenoxy) is 3. The van der Waals surface area contributed by atoms with Gasteiger partial charge in [0.05, 0.1) is 24.2 Å². The Kier molecular flexibility index (Phi) is 7.69. The Hall–Kier alpha value is -3.56. The molecule has 0 spiro atoms. The third kappa shape index (κ3) is 5.77. The first-order valence-electron chi connectivity index (χ1n) is 10.3. The van der Waals surface area contributed by atoms with Gasteiger partial charge in [0, 0.05) is 11.6 Å². The fourth-order valence-electron chi connectivity index (χ4n) is 3.40. The van der Waals surface area contributed by atoms with Gasteiger partial charge >= 0.3 is 0 Å². The number of hydrogen-bond acceptors (Lipinski definition) is 7. The monoisotopic (exact) mass is 434 g/mol. The van der Waals surface area contributed by atoms with Gasteiger partial charge in [-0.2, -0.15) is 5.26 Å². The van der Waals surface area contributed by atoms with Gasteiger partial charge in [-0.3, -0.25) is 0 Å². The van der Waals surface area contributed by atoms with E-state index < -0.39 is 17.7 Å². The second-order valence-electron chi connectivity index (χ2n) is 7.89. The van der Waals surface area contributed by atoms with Crippen molar-refractivity contribution in [1.82, 2.24) is 5.32 Å². The zero-order valence-corrected chi connectivity index (χ0v) is 18.1. The summed E-state index contributed by atoms with van der Waals surface area (Å²) in [6, 6.07) is 16.4. The highest BCUT2D eigenvalue weighted by Gasteiger charge is 2.42. The first-order chi connectivity index (χ1) is 15.4. The Labute approximate surface area is 187 Å². The van der Waals surface area contributed by atoms with Crippen molar-refractivity contribution in [1.29, 1.82) is 5.26 Å². The summed E-state index contributed by atoms with van der Waals surface area (Å²) in [5.41, 5.74) is 1.33. The number of aliphatic hydroxyl groups excluding tert-OH is 1. The van der Waals surface area contributed by atoms with Crippen molar-refractivity contribution in [2.75, 3.05) is 13.2 Å². The summed E-state index contributed by atoms with van der Waals surface area (Å²) in [6.45, 7) is 4.27. The minimum atomic E-state index is -0.877. The van der Waals surface area contributed by atoms with E-state index in [0.29, 0.717) is 29.2 Å². The third-order valence-electron chi connectivity index (χ3n) is 5.12. The summed E-state index contributed by atoms with van der Waals surface area (Å²) < 4.78 is 17.2. The molecule has 0 unspecified atom stereocenters. The topological polar surface area (TPSA) is 101 Å². The molecule has 2 aromatic rings. The molecule has 2 N–H and O–H groups in total. The van der Waals surface area contributed by atoms with Crippen LogP contribution in [0.25, 0.3) is 0 Å². The number of nitrogens with zero attached hydrogens (tertiary/aromatic N) is 1. The van der Waals surface area contributed by atoms with Crippen molar-refractivity contribution in [3.63, 3.8) is 0 Å². The molecule has 1 aliphatic rings. The third-order valence-corrected chi connectivity index (χ3v) is 5.12. The van der Waals surface area contributed by atoms with Crippen molar-refractivity contribution in [2.24, 2.45) is 0 Å². The molecule has 0 fully saturated rings. The van der Waals surface area contributed by atoms with E-state index in [-0.39, 0.29) is 13.2 Å². The van der Waals surface area contributed by atoms with Gasteiger partial charge < -0.3 is 24.6 Å². The molecule has 7 nitrogen and oxygen atoms in total. The molecular formula is C25H26N2O5. The minimum Gasteiger partial charge on any atom is -0.493 e. The van der Waals surface area contributed by atoms with Crippen LogP contribution in [0.1, 0.15) is 36.6 Å². The molecule has 0 amide bonds. The van der Waals surface area contributed by atoms with Gasteiger partial charge in [-0.05, 0) is 37.6 Å². The average Bonchev–Trinajstić information content (AvgIpc) is 2.80. The van der Waals surface area contributed by atoms with Gasteiger partial charge in [0.25, 0.3) is 0 Å². The van der Waals surface area contributed by atoms with Gasteiger partial charge in [-0.1, -0.05) is 30.3 Å². The maximum atomic E-state index is 11.0. The number of carbonyl (C=O) groups excluding carboxylic acids is 1. The molecule has 3 rings (SSSR count). The number of aliphatic hydroxyl groups is 1. The minimum absolute atomic E-state index is 0.0724. The van der Waals surface area contributed by atoms with Crippen LogP contribution in [0.2, 0.25) is 0 Å². The summed E-state index contributed by atoms with van der Waals surface area (Å²) >= 11 is 0. The molecule has 2 atom stereocenters. The summed E-state index contributed by atoms with van der Waals surface area (Å²) in [6.07, 6.45) is 1.79. The Balaban J connectivity index is 1.78. The molecule has 7 heteroatoms. The second-order valence-corrected chi connectivity index (χ2v) is 7.89. The summed E-state index contributed by atoms with van der Waals surface area (Å²) in [7, 11) is 0. The van der Waals surface area contributed by atoms with Crippen molar-refractivity contribution in [3.05, 3.63) is 83.3 Å². The van der Waals surface area contributed by atoms with Gasteiger partial charge in [-0.25, -0.2) is 4.79 Å². The van der Waals surface area contributed by atoms with Gasteiger partial charge in [0.2, 0.25) is 0 Å². The number of fused-ring (bicyclic) bond motifs is 1. The van der Waals surface area contributed by atoms with E-state index in [2.05, 4.69) is 11.4 Å². The number of rotatable bonds is 9. The zero-order chi connectivity index (χ0) is 23.0. The van der Waals surface area contributed by atoms with E-state index in [0.717, 1.165) is 5.56 Å². The van der Waals surface area contributed by atoms with Gasteiger partial charge in [0.1, 0.15) is 48.6 Å². The number of benzene rings is 2. The van der Waals surface area contributed by atoms with Crippen LogP contribution in [-0.4, -0.2) is 35.9 Å². The van der Waals surface area contributed by atoms with Crippen molar-refractivity contribution in [2.45, 2.75) is 38.2 Å². The van der Waals surface area contributed by atoms with Crippen LogP contribution in [0.15, 0.2) is 66.6 Å². The van der Waals surface area contributed by atoms with Crippen LogP contribution in [-0.2, 0) is 20.9 Å². The smallest absolute Gasteiger partial charge is 0.145 e. The Bertz CT molecular complexity index is 1040. The van der Waals surface area contributed by atoms with Crippen molar-refractivity contribution < 1.29 is 24.1 Å².